The van der Waals surface area contributed by atoms with Gasteiger partial charge in [0.25, 0.3) is 0 Å². The lowest BCUT2D eigenvalue weighted by atomic mass is 10.1. The molecule has 1 saturated heterocycles. The molecule has 0 saturated carbocycles. The molecule has 0 bridgehead atoms. The molecule has 2 N–H and O–H groups in total. The molecule has 1 aliphatic heterocycles. The Morgan fingerprint density at radius 1 is 1.39 bits per heavy atom. The smallest absolute Gasteiger partial charge is 0.125 e. The molecule has 0 aromatic heterocycles. The van der Waals surface area contributed by atoms with Crippen molar-refractivity contribution in [1.29, 1.82) is 0 Å². The fourth-order valence-electron chi connectivity index (χ4n) is 2.33. The maximum atomic E-state index is 13.0. The largest absolute Gasteiger partial charge is 0.385 e. The van der Waals surface area contributed by atoms with Gasteiger partial charge in [0.05, 0.1) is 0 Å². The summed E-state index contributed by atoms with van der Waals surface area (Å²) in [6.45, 7) is 7.57. The van der Waals surface area contributed by atoms with Crippen LogP contribution < -0.4 is 10.6 Å². The van der Waals surface area contributed by atoms with E-state index < -0.39 is 0 Å². The van der Waals surface area contributed by atoms with Crippen LogP contribution in [0.15, 0.2) is 24.3 Å². The van der Waals surface area contributed by atoms with Gasteiger partial charge in [-0.2, -0.15) is 0 Å². The van der Waals surface area contributed by atoms with Gasteiger partial charge >= 0.3 is 0 Å². The summed E-state index contributed by atoms with van der Waals surface area (Å²) in [6.07, 6.45) is 1.08. The zero-order valence-electron chi connectivity index (χ0n) is 11.0. The second-order valence-electron chi connectivity index (χ2n) is 4.86. The third-order valence-electron chi connectivity index (χ3n) is 3.49. The third kappa shape index (κ3) is 3.96. The first-order valence-corrected chi connectivity index (χ1v) is 6.70. The van der Waals surface area contributed by atoms with Gasteiger partial charge in [-0.1, -0.05) is 6.07 Å². The van der Waals surface area contributed by atoms with E-state index in [0.29, 0.717) is 6.04 Å². The van der Waals surface area contributed by atoms with Crippen molar-refractivity contribution in [2.24, 2.45) is 0 Å². The minimum Gasteiger partial charge on any atom is -0.385 e. The molecule has 0 amide bonds. The highest BCUT2D eigenvalue weighted by atomic mass is 19.1. The van der Waals surface area contributed by atoms with Crippen molar-refractivity contribution in [3.63, 3.8) is 0 Å². The van der Waals surface area contributed by atoms with Crippen molar-refractivity contribution in [2.75, 3.05) is 38.0 Å². The summed E-state index contributed by atoms with van der Waals surface area (Å²) in [4.78, 5) is 2.50. The number of anilines is 1. The normalized spacial score (nSPS) is 18.6. The number of benzene rings is 1. The van der Waals surface area contributed by atoms with Gasteiger partial charge in [-0.25, -0.2) is 4.39 Å². The van der Waals surface area contributed by atoms with Gasteiger partial charge in [0, 0.05) is 44.5 Å². The number of halogens is 1. The van der Waals surface area contributed by atoms with E-state index in [-0.39, 0.29) is 5.82 Å². The van der Waals surface area contributed by atoms with E-state index in [2.05, 4.69) is 22.5 Å². The summed E-state index contributed by atoms with van der Waals surface area (Å²) in [5, 5.41) is 6.63. The average Bonchev–Trinajstić information content (AvgIpc) is 2.40. The molecular formula is C14H22FN3. The van der Waals surface area contributed by atoms with Crippen LogP contribution in [0.2, 0.25) is 0 Å². The Hall–Kier alpha value is -1.13. The van der Waals surface area contributed by atoms with E-state index in [4.69, 9.17) is 0 Å². The van der Waals surface area contributed by atoms with Crippen molar-refractivity contribution in [3.8, 4) is 0 Å². The fourth-order valence-corrected chi connectivity index (χ4v) is 2.33. The van der Waals surface area contributed by atoms with E-state index in [1.165, 1.54) is 12.1 Å². The molecule has 2 rings (SSSR count). The Kier molecular flexibility index (Phi) is 4.96. The van der Waals surface area contributed by atoms with Crippen LogP contribution in [0.3, 0.4) is 0 Å². The maximum Gasteiger partial charge on any atom is 0.125 e. The molecular weight excluding hydrogens is 229 g/mol. The maximum absolute atomic E-state index is 13.0. The minimum atomic E-state index is -0.185. The highest BCUT2D eigenvalue weighted by Gasteiger charge is 2.15. The number of rotatable bonds is 5. The fraction of sp³-hybridized carbons (Fsp3) is 0.571. The van der Waals surface area contributed by atoms with E-state index in [0.717, 1.165) is 44.8 Å². The van der Waals surface area contributed by atoms with Crippen LogP contribution >= 0.6 is 0 Å². The Bertz CT molecular complexity index is 364. The quantitative estimate of drug-likeness (QED) is 0.837. The van der Waals surface area contributed by atoms with Gasteiger partial charge in [-0.05, 0) is 31.5 Å². The van der Waals surface area contributed by atoms with Crippen LogP contribution in [-0.4, -0.2) is 43.7 Å². The molecule has 100 valence electrons. The Labute approximate surface area is 108 Å². The second-order valence-corrected chi connectivity index (χ2v) is 4.86. The molecule has 4 heteroatoms. The van der Waals surface area contributed by atoms with Crippen molar-refractivity contribution < 1.29 is 4.39 Å². The van der Waals surface area contributed by atoms with Crippen LogP contribution in [0.1, 0.15) is 13.3 Å². The first-order valence-electron chi connectivity index (χ1n) is 6.70. The number of nitrogens with zero attached hydrogens (tertiary/aromatic N) is 1. The Balaban J connectivity index is 1.71. The lowest BCUT2D eigenvalue weighted by Gasteiger charge is -2.32. The van der Waals surface area contributed by atoms with Crippen molar-refractivity contribution in [2.45, 2.75) is 19.4 Å². The highest BCUT2D eigenvalue weighted by molar-refractivity contribution is 5.42. The number of hydrogen-bond donors (Lipinski definition) is 2. The summed E-state index contributed by atoms with van der Waals surface area (Å²) >= 11 is 0. The molecule has 1 aromatic rings. The van der Waals surface area contributed by atoms with Gasteiger partial charge in [0.1, 0.15) is 5.82 Å². The van der Waals surface area contributed by atoms with Gasteiger partial charge in [-0.15, -0.1) is 0 Å². The summed E-state index contributed by atoms with van der Waals surface area (Å²) in [5.41, 5.74) is 0.863. The van der Waals surface area contributed by atoms with Gasteiger partial charge in [0.2, 0.25) is 0 Å². The van der Waals surface area contributed by atoms with Crippen LogP contribution in [0.25, 0.3) is 0 Å². The zero-order chi connectivity index (χ0) is 12.8. The molecule has 1 heterocycles. The first-order chi connectivity index (χ1) is 8.75. The molecule has 3 nitrogen and oxygen atoms in total. The Morgan fingerprint density at radius 2 is 2.17 bits per heavy atom. The van der Waals surface area contributed by atoms with Gasteiger partial charge in [-0.3, -0.25) is 4.90 Å². The summed E-state index contributed by atoms with van der Waals surface area (Å²) < 4.78 is 13.0. The van der Waals surface area contributed by atoms with E-state index in [9.17, 15) is 4.39 Å². The molecule has 1 aliphatic rings. The van der Waals surface area contributed by atoms with E-state index in [1.54, 1.807) is 6.07 Å². The van der Waals surface area contributed by atoms with Crippen LogP contribution in [0.5, 0.6) is 0 Å². The molecule has 1 aromatic carbocycles. The van der Waals surface area contributed by atoms with Crippen LogP contribution in [-0.2, 0) is 0 Å². The van der Waals surface area contributed by atoms with Crippen molar-refractivity contribution in [3.05, 3.63) is 30.1 Å². The molecule has 0 spiro atoms. The van der Waals surface area contributed by atoms with Crippen molar-refractivity contribution in [1.82, 2.24) is 10.2 Å². The predicted octanol–water partition coefficient (Wildman–Crippen LogP) is 1.92. The summed E-state index contributed by atoms with van der Waals surface area (Å²) in [7, 11) is 0. The lowest BCUT2D eigenvalue weighted by molar-refractivity contribution is 0.179. The second kappa shape index (κ2) is 6.71. The number of hydrogen-bond acceptors (Lipinski definition) is 3. The topological polar surface area (TPSA) is 27.3 Å². The molecule has 0 radical (unpaired) electrons. The highest BCUT2D eigenvalue weighted by Crippen LogP contribution is 2.10. The predicted molar refractivity (Wildman–Crippen MR) is 73.4 cm³/mol. The number of nitrogens with one attached hydrogen (secondary N) is 2. The monoisotopic (exact) mass is 251 g/mol. The van der Waals surface area contributed by atoms with Gasteiger partial charge < -0.3 is 10.6 Å². The zero-order valence-corrected chi connectivity index (χ0v) is 11.0. The van der Waals surface area contributed by atoms with E-state index in [1.807, 2.05) is 6.07 Å². The number of piperazine rings is 1. The summed E-state index contributed by atoms with van der Waals surface area (Å²) in [5.74, 6) is -0.185. The molecule has 1 unspecified atom stereocenters. The van der Waals surface area contributed by atoms with E-state index >= 15 is 0 Å². The minimum absolute atomic E-state index is 0.185. The molecule has 1 atom stereocenters. The lowest BCUT2D eigenvalue weighted by Crippen LogP contribution is -2.47. The van der Waals surface area contributed by atoms with Crippen LogP contribution in [0, 0.1) is 5.82 Å². The SMILES string of the molecule is CC(CCNc1cccc(F)c1)N1CCNCC1. The molecule has 18 heavy (non-hydrogen) atoms. The van der Waals surface area contributed by atoms with Crippen molar-refractivity contribution >= 4 is 5.69 Å². The average molecular weight is 251 g/mol. The first kappa shape index (κ1) is 13.3. The summed E-state index contributed by atoms with van der Waals surface area (Å²) in [6, 6.07) is 7.22. The Morgan fingerprint density at radius 3 is 2.89 bits per heavy atom. The van der Waals surface area contributed by atoms with Crippen LogP contribution in [0.4, 0.5) is 10.1 Å². The van der Waals surface area contributed by atoms with Gasteiger partial charge in [0.15, 0.2) is 0 Å². The molecule has 0 aliphatic carbocycles. The molecule has 1 fully saturated rings. The standard InChI is InChI=1S/C14H22FN3/c1-12(18-9-7-16-8-10-18)5-6-17-14-4-2-3-13(15)11-14/h2-4,11-12,16-17H,5-10H2,1H3. The third-order valence-corrected chi connectivity index (χ3v) is 3.49.